The third-order valence-corrected chi connectivity index (χ3v) is 5.03. The SMILES string of the molecule is CCOc1ccc2nc(NC3NC(=O)CC(c4ccc(Cl)cc4)N3)nc(C)c2c1. The molecule has 2 heterocycles. The number of aromatic nitrogens is 2. The van der Waals surface area contributed by atoms with Gasteiger partial charge >= 0.3 is 0 Å². The minimum atomic E-state index is -0.489. The smallest absolute Gasteiger partial charge is 0.226 e. The number of nitrogens with one attached hydrogen (secondary N) is 3. The molecule has 3 aromatic rings. The maximum atomic E-state index is 12.2. The number of ether oxygens (including phenoxy) is 1. The maximum absolute atomic E-state index is 12.2. The highest BCUT2D eigenvalue weighted by Gasteiger charge is 2.27. The van der Waals surface area contributed by atoms with Crippen molar-refractivity contribution < 1.29 is 9.53 Å². The van der Waals surface area contributed by atoms with Gasteiger partial charge in [-0.25, -0.2) is 9.97 Å². The number of hydrogen-bond acceptors (Lipinski definition) is 6. The molecule has 1 fully saturated rings. The van der Waals surface area contributed by atoms with Crippen molar-refractivity contribution >= 4 is 34.4 Å². The van der Waals surface area contributed by atoms with Crippen molar-refractivity contribution in [2.45, 2.75) is 32.6 Å². The van der Waals surface area contributed by atoms with Crippen molar-refractivity contribution in [3.05, 3.63) is 58.7 Å². The van der Waals surface area contributed by atoms with Gasteiger partial charge in [0, 0.05) is 22.9 Å². The molecule has 4 rings (SSSR count). The number of halogens is 1. The minimum Gasteiger partial charge on any atom is -0.494 e. The molecule has 0 saturated carbocycles. The van der Waals surface area contributed by atoms with E-state index in [0.29, 0.717) is 24.0 Å². The average molecular weight is 412 g/mol. The van der Waals surface area contributed by atoms with Crippen LogP contribution in [-0.4, -0.2) is 28.8 Å². The quantitative estimate of drug-likeness (QED) is 0.595. The summed E-state index contributed by atoms with van der Waals surface area (Å²) in [5.41, 5.74) is 2.63. The zero-order chi connectivity index (χ0) is 20.4. The normalized spacial score (nSPS) is 19.1. The van der Waals surface area contributed by atoms with Crippen molar-refractivity contribution in [2.24, 2.45) is 0 Å². The van der Waals surface area contributed by atoms with Gasteiger partial charge in [0.25, 0.3) is 0 Å². The first-order valence-corrected chi connectivity index (χ1v) is 9.88. The van der Waals surface area contributed by atoms with E-state index in [2.05, 4.69) is 25.9 Å². The molecule has 2 atom stereocenters. The van der Waals surface area contributed by atoms with Crippen LogP contribution in [0, 0.1) is 6.92 Å². The van der Waals surface area contributed by atoms with E-state index in [-0.39, 0.29) is 11.9 Å². The van der Waals surface area contributed by atoms with Crippen molar-refractivity contribution in [1.82, 2.24) is 20.6 Å². The van der Waals surface area contributed by atoms with Gasteiger partial charge in [0.2, 0.25) is 11.9 Å². The van der Waals surface area contributed by atoms with Gasteiger partial charge < -0.3 is 15.4 Å². The molecule has 150 valence electrons. The molecule has 29 heavy (non-hydrogen) atoms. The van der Waals surface area contributed by atoms with Gasteiger partial charge in [0.1, 0.15) is 5.75 Å². The number of fused-ring (bicyclic) bond motifs is 1. The number of hydrogen-bond donors (Lipinski definition) is 3. The van der Waals surface area contributed by atoms with E-state index in [1.165, 1.54) is 0 Å². The summed E-state index contributed by atoms with van der Waals surface area (Å²) in [4.78, 5) is 21.3. The van der Waals surface area contributed by atoms with Crippen LogP contribution in [0.25, 0.3) is 10.9 Å². The van der Waals surface area contributed by atoms with Gasteiger partial charge in [-0.3, -0.25) is 10.1 Å². The lowest BCUT2D eigenvalue weighted by molar-refractivity contribution is -0.124. The second-order valence-electron chi connectivity index (χ2n) is 6.86. The molecule has 0 spiro atoms. The van der Waals surface area contributed by atoms with E-state index in [0.717, 1.165) is 27.9 Å². The largest absolute Gasteiger partial charge is 0.494 e. The summed E-state index contributed by atoms with van der Waals surface area (Å²) < 4.78 is 5.56. The third kappa shape index (κ3) is 4.41. The van der Waals surface area contributed by atoms with E-state index in [1.807, 2.05) is 56.3 Å². The molecule has 1 amide bonds. The highest BCUT2D eigenvalue weighted by atomic mass is 35.5. The van der Waals surface area contributed by atoms with Crippen molar-refractivity contribution in [1.29, 1.82) is 0 Å². The van der Waals surface area contributed by atoms with Gasteiger partial charge in [0.05, 0.1) is 17.8 Å². The second-order valence-corrected chi connectivity index (χ2v) is 7.30. The van der Waals surface area contributed by atoms with Crippen LogP contribution >= 0.6 is 11.6 Å². The van der Waals surface area contributed by atoms with Crippen LogP contribution in [0.4, 0.5) is 5.95 Å². The highest BCUT2D eigenvalue weighted by Crippen LogP contribution is 2.24. The molecule has 1 aromatic heterocycles. The number of aryl methyl sites for hydroxylation is 1. The maximum Gasteiger partial charge on any atom is 0.226 e. The lowest BCUT2D eigenvalue weighted by atomic mass is 10.0. The summed E-state index contributed by atoms with van der Waals surface area (Å²) in [6.45, 7) is 4.48. The Morgan fingerprint density at radius 3 is 2.76 bits per heavy atom. The van der Waals surface area contributed by atoms with E-state index in [9.17, 15) is 4.79 Å². The molecule has 1 aliphatic rings. The average Bonchev–Trinajstić information content (AvgIpc) is 2.69. The molecular weight excluding hydrogens is 390 g/mol. The minimum absolute atomic E-state index is 0.0555. The molecule has 2 aromatic carbocycles. The number of benzene rings is 2. The molecule has 0 aliphatic carbocycles. The van der Waals surface area contributed by atoms with Crippen LogP contribution < -0.4 is 20.7 Å². The molecule has 1 aliphatic heterocycles. The molecule has 1 saturated heterocycles. The first kappa shape index (κ1) is 19.4. The molecule has 7 nitrogen and oxygen atoms in total. The molecule has 8 heteroatoms. The van der Waals surface area contributed by atoms with Crippen LogP contribution in [0.15, 0.2) is 42.5 Å². The first-order chi connectivity index (χ1) is 14.0. The van der Waals surface area contributed by atoms with E-state index >= 15 is 0 Å². The molecular formula is C21H22ClN5O2. The van der Waals surface area contributed by atoms with Crippen molar-refractivity contribution in [3.8, 4) is 5.75 Å². The topological polar surface area (TPSA) is 88.2 Å². The van der Waals surface area contributed by atoms with Crippen LogP contribution in [0.5, 0.6) is 5.75 Å². The Balaban J connectivity index is 1.54. The number of nitrogens with zero attached hydrogens (tertiary/aromatic N) is 2. The Morgan fingerprint density at radius 1 is 1.21 bits per heavy atom. The molecule has 0 radical (unpaired) electrons. The lowest BCUT2D eigenvalue weighted by Gasteiger charge is -2.32. The summed E-state index contributed by atoms with van der Waals surface area (Å²) >= 11 is 5.97. The fraction of sp³-hybridized carbons (Fsp3) is 0.286. The fourth-order valence-corrected chi connectivity index (χ4v) is 3.53. The number of amides is 1. The van der Waals surface area contributed by atoms with E-state index < -0.39 is 6.29 Å². The standard InChI is InChI=1S/C21H22ClN5O2/c1-3-29-15-8-9-17-16(10-15)12(2)23-20(24-17)27-21-25-18(11-19(28)26-21)13-4-6-14(22)7-5-13/h4-10,18,21,25H,3,11H2,1-2H3,(H,26,28)(H,23,24,27). The number of rotatable bonds is 5. The third-order valence-electron chi connectivity index (χ3n) is 4.78. The summed E-state index contributed by atoms with van der Waals surface area (Å²) in [5.74, 6) is 1.17. The van der Waals surface area contributed by atoms with Gasteiger partial charge in [-0.15, -0.1) is 0 Å². The molecule has 0 bridgehead atoms. The van der Waals surface area contributed by atoms with Crippen LogP contribution in [0.1, 0.15) is 30.6 Å². The Bertz CT molecular complexity index is 1040. The van der Waals surface area contributed by atoms with Gasteiger partial charge in [-0.1, -0.05) is 23.7 Å². The van der Waals surface area contributed by atoms with Crippen molar-refractivity contribution in [3.63, 3.8) is 0 Å². The molecule has 2 unspecified atom stereocenters. The second kappa shape index (κ2) is 8.23. The number of carbonyl (C=O) groups excluding carboxylic acids is 1. The zero-order valence-corrected chi connectivity index (χ0v) is 17.0. The Hall–Kier alpha value is -2.90. The van der Waals surface area contributed by atoms with Gasteiger partial charge in [-0.05, 0) is 49.7 Å². The van der Waals surface area contributed by atoms with E-state index in [1.54, 1.807) is 0 Å². The predicted octanol–water partition coefficient (Wildman–Crippen LogP) is 3.54. The highest BCUT2D eigenvalue weighted by molar-refractivity contribution is 6.30. The van der Waals surface area contributed by atoms with Crippen LogP contribution in [-0.2, 0) is 4.79 Å². The summed E-state index contributed by atoms with van der Waals surface area (Å²) in [6, 6.07) is 13.1. The monoisotopic (exact) mass is 411 g/mol. The van der Waals surface area contributed by atoms with Gasteiger partial charge in [-0.2, -0.15) is 0 Å². The summed E-state index contributed by atoms with van der Waals surface area (Å²) in [7, 11) is 0. The summed E-state index contributed by atoms with van der Waals surface area (Å²) in [6.07, 6.45) is -0.145. The predicted molar refractivity (Wildman–Crippen MR) is 113 cm³/mol. The van der Waals surface area contributed by atoms with Crippen LogP contribution in [0.3, 0.4) is 0 Å². The number of carbonyl (C=O) groups is 1. The van der Waals surface area contributed by atoms with Crippen molar-refractivity contribution in [2.75, 3.05) is 11.9 Å². The van der Waals surface area contributed by atoms with Crippen LogP contribution in [0.2, 0.25) is 5.02 Å². The molecule has 3 N–H and O–H groups in total. The van der Waals surface area contributed by atoms with E-state index in [4.69, 9.17) is 16.3 Å². The Morgan fingerprint density at radius 2 is 2.00 bits per heavy atom. The Labute approximate surface area is 173 Å². The fourth-order valence-electron chi connectivity index (χ4n) is 3.40. The first-order valence-electron chi connectivity index (χ1n) is 9.50. The van der Waals surface area contributed by atoms with Gasteiger partial charge in [0.15, 0.2) is 6.29 Å². The number of anilines is 1. The zero-order valence-electron chi connectivity index (χ0n) is 16.2. The lowest BCUT2D eigenvalue weighted by Crippen LogP contribution is -2.56. The summed E-state index contributed by atoms with van der Waals surface area (Å²) in [5, 5.41) is 11.0. The Kier molecular flexibility index (Phi) is 5.51.